The SMILES string of the molecule is CC1CC2(O)C3=[N+](CC4CC4)CC(C)C2(C1)c1cc(O)ccc1C3. The zero-order chi connectivity index (χ0) is 16.7. The van der Waals surface area contributed by atoms with Gasteiger partial charge in [0.05, 0.1) is 6.42 Å². The van der Waals surface area contributed by atoms with E-state index >= 15 is 0 Å². The topological polar surface area (TPSA) is 43.5 Å². The van der Waals surface area contributed by atoms with Crippen LogP contribution in [-0.4, -0.2) is 39.2 Å². The van der Waals surface area contributed by atoms with E-state index in [4.69, 9.17) is 0 Å². The van der Waals surface area contributed by atoms with Crippen LogP contribution >= 0.6 is 0 Å². The van der Waals surface area contributed by atoms with Gasteiger partial charge in [0.1, 0.15) is 18.8 Å². The maximum Gasteiger partial charge on any atom is 0.189 e. The van der Waals surface area contributed by atoms with Gasteiger partial charge < -0.3 is 10.2 Å². The van der Waals surface area contributed by atoms with Crippen molar-refractivity contribution in [3.8, 4) is 5.75 Å². The molecule has 0 amide bonds. The quantitative estimate of drug-likeness (QED) is 0.821. The third kappa shape index (κ3) is 1.74. The summed E-state index contributed by atoms with van der Waals surface area (Å²) in [6.45, 7) is 6.77. The van der Waals surface area contributed by atoms with Gasteiger partial charge in [-0.25, -0.2) is 4.58 Å². The van der Waals surface area contributed by atoms with Crippen LogP contribution in [-0.2, 0) is 11.8 Å². The number of fused-ring (bicyclic) bond motifs is 1. The van der Waals surface area contributed by atoms with Gasteiger partial charge in [-0.15, -0.1) is 0 Å². The maximum absolute atomic E-state index is 12.0. The lowest BCUT2D eigenvalue weighted by Crippen LogP contribution is -2.67. The fourth-order valence-electron chi connectivity index (χ4n) is 6.29. The Morgan fingerprint density at radius 2 is 2.00 bits per heavy atom. The highest BCUT2D eigenvalue weighted by molar-refractivity contribution is 5.95. The fourth-order valence-corrected chi connectivity index (χ4v) is 6.29. The Hall–Kier alpha value is -1.35. The Morgan fingerprint density at radius 1 is 1.21 bits per heavy atom. The molecule has 4 atom stereocenters. The summed E-state index contributed by atoms with van der Waals surface area (Å²) in [5, 5.41) is 22.1. The van der Waals surface area contributed by atoms with E-state index in [9.17, 15) is 10.2 Å². The molecule has 2 fully saturated rings. The van der Waals surface area contributed by atoms with Gasteiger partial charge in [0, 0.05) is 17.3 Å². The van der Waals surface area contributed by atoms with Crippen molar-refractivity contribution in [2.45, 2.75) is 57.0 Å². The van der Waals surface area contributed by atoms with E-state index in [0.29, 0.717) is 17.6 Å². The fraction of sp³-hybridized carbons (Fsp3) is 0.667. The van der Waals surface area contributed by atoms with E-state index in [-0.39, 0.29) is 5.41 Å². The van der Waals surface area contributed by atoms with Crippen molar-refractivity contribution in [1.82, 2.24) is 0 Å². The molecule has 0 radical (unpaired) electrons. The summed E-state index contributed by atoms with van der Waals surface area (Å²) in [5.41, 5.74) is 2.87. The van der Waals surface area contributed by atoms with Gasteiger partial charge in [-0.3, -0.25) is 0 Å². The van der Waals surface area contributed by atoms with Crippen molar-refractivity contribution in [3.63, 3.8) is 0 Å². The molecule has 3 nitrogen and oxygen atoms in total. The third-order valence-corrected chi connectivity index (χ3v) is 7.35. The lowest BCUT2D eigenvalue weighted by atomic mass is 9.54. The Balaban J connectivity index is 1.77. The highest BCUT2D eigenvalue weighted by Crippen LogP contribution is 2.61. The largest absolute Gasteiger partial charge is 0.508 e. The number of nitrogens with zero attached hydrogens (tertiary/aromatic N) is 1. The second-order valence-electron chi connectivity index (χ2n) is 9.06. The molecule has 3 heteroatoms. The number of aliphatic hydroxyl groups is 1. The molecular weight excluding hydrogens is 298 g/mol. The highest BCUT2D eigenvalue weighted by Gasteiger charge is 2.70. The summed E-state index contributed by atoms with van der Waals surface area (Å²) in [6.07, 6.45) is 5.44. The second-order valence-corrected chi connectivity index (χ2v) is 9.06. The Bertz CT molecular complexity index is 750. The number of phenols is 1. The molecule has 1 aromatic carbocycles. The molecule has 1 heterocycles. The Labute approximate surface area is 144 Å². The average molecular weight is 326 g/mol. The molecule has 2 N–H and O–H groups in total. The van der Waals surface area contributed by atoms with Crippen LogP contribution in [0.2, 0.25) is 0 Å². The van der Waals surface area contributed by atoms with Gasteiger partial charge in [-0.2, -0.15) is 0 Å². The molecule has 3 aliphatic carbocycles. The van der Waals surface area contributed by atoms with Gasteiger partial charge in [0.25, 0.3) is 0 Å². The first-order valence-corrected chi connectivity index (χ1v) is 9.60. The number of rotatable bonds is 2. The van der Waals surface area contributed by atoms with Crippen LogP contribution in [0.5, 0.6) is 5.75 Å². The van der Waals surface area contributed by atoms with Crippen molar-refractivity contribution in [2.24, 2.45) is 17.8 Å². The molecule has 2 bridgehead atoms. The minimum atomic E-state index is -0.722. The summed E-state index contributed by atoms with van der Waals surface area (Å²) < 4.78 is 2.54. The number of hydrogen-bond acceptors (Lipinski definition) is 2. The Kier molecular flexibility index (Phi) is 2.88. The zero-order valence-corrected chi connectivity index (χ0v) is 14.8. The van der Waals surface area contributed by atoms with E-state index in [1.165, 1.54) is 29.7 Å². The summed E-state index contributed by atoms with van der Waals surface area (Å²) in [4.78, 5) is 0. The van der Waals surface area contributed by atoms with Gasteiger partial charge in [0.15, 0.2) is 11.3 Å². The smallest absolute Gasteiger partial charge is 0.189 e. The van der Waals surface area contributed by atoms with E-state index in [1.807, 2.05) is 12.1 Å². The van der Waals surface area contributed by atoms with Crippen LogP contribution in [0.3, 0.4) is 0 Å². The number of benzene rings is 1. The first-order chi connectivity index (χ1) is 11.4. The molecule has 4 aliphatic rings. The Morgan fingerprint density at radius 3 is 2.75 bits per heavy atom. The standard InChI is InChI=1S/C21H27NO2/c1-13-9-20-14(2)11-22(12-15-3-4-15)19(21(20,24)10-13)7-16-5-6-17(23)8-18(16)20/h5-6,8,13-15,24H,3-4,7,9-12H2,1-2H3/p+1. The third-order valence-electron chi connectivity index (χ3n) is 7.35. The van der Waals surface area contributed by atoms with E-state index in [0.717, 1.165) is 38.3 Å². The maximum atomic E-state index is 12.0. The molecular formula is C21H28NO2+. The second kappa shape index (κ2) is 4.63. The van der Waals surface area contributed by atoms with Crippen molar-refractivity contribution in [2.75, 3.05) is 13.1 Å². The first kappa shape index (κ1) is 14.9. The van der Waals surface area contributed by atoms with Gasteiger partial charge in [-0.1, -0.05) is 19.9 Å². The first-order valence-electron chi connectivity index (χ1n) is 9.60. The van der Waals surface area contributed by atoms with E-state index in [2.05, 4.69) is 24.5 Å². The van der Waals surface area contributed by atoms with Crippen molar-refractivity contribution in [1.29, 1.82) is 0 Å². The van der Waals surface area contributed by atoms with E-state index in [1.54, 1.807) is 0 Å². The lowest BCUT2D eigenvalue weighted by Gasteiger charge is -2.52. The molecule has 24 heavy (non-hydrogen) atoms. The number of aromatic hydroxyl groups is 1. The molecule has 1 aromatic rings. The summed E-state index contributed by atoms with van der Waals surface area (Å²) >= 11 is 0. The van der Waals surface area contributed by atoms with E-state index < -0.39 is 5.60 Å². The number of hydrogen-bond donors (Lipinski definition) is 2. The van der Waals surface area contributed by atoms with Crippen LogP contribution in [0.25, 0.3) is 0 Å². The van der Waals surface area contributed by atoms with Crippen LogP contribution in [0.15, 0.2) is 18.2 Å². The molecule has 2 saturated carbocycles. The minimum Gasteiger partial charge on any atom is -0.508 e. The van der Waals surface area contributed by atoms with Gasteiger partial charge in [-0.05, 0) is 54.9 Å². The normalized spacial score (nSPS) is 40.5. The number of phenolic OH excluding ortho intramolecular Hbond substituents is 1. The average Bonchev–Trinajstić information content (AvgIpc) is 3.26. The van der Waals surface area contributed by atoms with Crippen LogP contribution in [0.1, 0.15) is 50.7 Å². The molecule has 0 saturated heterocycles. The zero-order valence-electron chi connectivity index (χ0n) is 14.8. The predicted molar refractivity (Wildman–Crippen MR) is 93.7 cm³/mol. The van der Waals surface area contributed by atoms with Crippen molar-refractivity contribution >= 4 is 5.71 Å². The monoisotopic (exact) mass is 326 g/mol. The van der Waals surface area contributed by atoms with Crippen molar-refractivity contribution < 1.29 is 14.8 Å². The summed E-state index contributed by atoms with van der Waals surface area (Å²) in [5.74, 6) is 2.08. The summed E-state index contributed by atoms with van der Waals surface area (Å²) in [7, 11) is 0. The van der Waals surface area contributed by atoms with Gasteiger partial charge in [0.2, 0.25) is 0 Å². The highest BCUT2D eigenvalue weighted by atomic mass is 16.3. The molecule has 1 aliphatic heterocycles. The summed E-state index contributed by atoms with van der Waals surface area (Å²) in [6, 6.07) is 5.84. The molecule has 5 rings (SSSR count). The molecule has 128 valence electrons. The lowest BCUT2D eigenvalue weighted by molar-refractivity contribution is -0.554. The van der Waals surface area contributed by atoms with Gasteiger partial charge >= 0.3 is 0 Å². The van der Waals surface area contributed by atoms with Crippen molar-refractivity contribution in [3.05, 3.63) is 29.3 Å². The van der Waals surface area contributed by atoms with Crippen LogP contribution in [0, 0.1) is 17.8 Å². The van der Waals surface area contributed by atoms with Crippen LogP contribution < -0.4 is 0 Å². The molecule has 0 aromatic heterocycles. The van der Waals surface area contributed by atoms with Crippen LogP contribution in [0.4, 0.5) is 0 Å². The molecule has 0 spiro atoms. The predicted octanol–water partition coefficient (Wildman–Crippen LogP) is 2.86. The molecule has 4 unspecified atom stereocenters. The minimum absolute atomic E-state index is 0.214.